The fraction of sp³-hybridized carbons (Fsp3) is 0.570. The number of phosphoric acid groups is 1. The summed E-state index contributed by atoms with van der Waals surface area (Å²) < 4.78 is 33.2. The van der Waals surface area contributed by atoms with Crippen LogP contribution in [-0.4, -0.2) is 49.3 Å². The standard InChI is InChI=1S/C79H126NO8P/c1-3-5-7-9-11-13-15-17-19-21-23-25-27-29-31-33-34-35-36-37-38-39-40-41-42-44-46-48-50-52-54-56-58-60-62-64-66-68-70-72-79(82)88-77(76-87-89(83,84)86-74-73-80)75-85-78(81)71-69-67-65-63-61-59-57-55-53-51-49-47-45-43-32-30-28-26-24-22-20-18-16-14-12-10-8-6-4-2/h5-8,11-14,17-20,23-26,29-32,34-35,37-38,40-41,44-47,50,52,77H,3-4,9-10,15-16,21-22,27-28,33,36,39,42-43,48-49,51,53-76,80H2,1-2H3,(H,83,84)/b7-5-,8-6-,13-11-,14-12-,19-17-,20-18-,25-23-,26-24-,31-29-,32-30-,35-34-,38-37-,41-40-,46-44-,47-45-,52-50-. The molecule has 0 saturated carbocycles. The number of hydrogen-bond donors (Lipinski definition) is 2. The lowest BCUT2D eigenvalue weighted by atomic mass is 10.1. The van der Waals surface area contributed by atoms with Crippen LogP contribution in [0.4, 0.5) is 0 Å². The highest BCUT2D eigenvalue weighted by atomic mass is 31.2. The van der Waals surface area contributed by atoms with Gasteiger partial charge in [0.1, 0.15) is 6.61 Å². The molecular weight excluding hydrogens is 1120 g/mol. The van der Waals surface area contributed by atoms with Crippen molar-refractivity contribution in [1.82, 2.24) is 0 Å². The third-order valence-corrected chi connectivity index (χ3v) is 15.0. The maximum Gasteiger partial charge on any atom is 0.472 e. The Labute approximate surface area is 545 Å². The number of unbranched alkanes of at least 4 members (excludes halogenated alkanes) is 18. The monoisotopic (exact) mass is 1250 g/mol. The number of carbonyl (C=O) groups is 2. The van der Waals surface area contributed by atoms with Crippen molar-refractivity contribution in [2.45, 2.75) is 264 Å². The number of esters is 2. The van der Waals surface area contributed by atoms with Gasteiger partial charge in [-0.05, 0) is 141 Å². The second-order valence-electron chi connectivity index (χ2n) is 22.3. The first-order valence-electron chi connectivity index (χ1n) is 34.9. The summed E-state index contributed by atoms with van der Waals surface area (Å²) >= 11 is 0. The molecule has 0 fully saturated rings. The molecule has 0 radical (unpaired) electrons. The van der Waals surface area contributed by atoms with Crippen LogP contribution in [0.15, 0.2) is 194 Å². The minimum atomic E-state index is -4.41. The Morgan fingerprint density at radius 1 is 0.337 bits per heavy atom. The van der Waals surface area contributed by atoms with E-state index < -0.39 is 32.5 Å². The van der Waals surface area contributed by atoms with Gasteiger partial charge in [-0.1, -0.05) is 298 Å². The van der Waals surface area contributed by atoms with E-state index in [1.807, 2.05) is 0 Å². The molecule has 2 unspecified atom stereocenters. The van der Waals surface area contributed by atoms with Crippen LogP contribution >= 0.6 is 7.82 Å². The first kappa shape index (κ1) is 83.8. The quantitative estimate of drug-likeness (QED) is 0.0264. The largest absolute Gasteiger partial charge is 0.472 e. The molecule has 0 heterocycles. The van der Waals surface area contributed by atoms with Gasteiger partial charge in [-0.15, -0.1) is 0 Å². The highest BCUT2D eigenvalue weighted by Gasteiger charge is 2.26. The lowest BCUT2D eigenvalue weighted by Crippen LogP contribution is -2.29. The topological polar surface area (TPSA) is 134 Å². The van der Waals surface area contributed by atoms with E-state index in [0.29, 0.717) is 6.42 Å². The molecule has 0 aliphatic carbocycles. The van der Waals surface area contributed by atoms with Crippen LogP contribution in [0, 0.1) is 0 Å². The first-order chi connectivity index (χ1) is 43.8. The van der Waals surface area contributed by atoms with Crippen molar-refractivity contribution < 1.29 is 37.6 Å². The number of allylic oxidation sites excluding steroid dienone is 32. The van der Waals surface area contributed by atoms with Crippen LogP contribution in [0.25, 0.3) is 0 Å². The van der Waals surface area contributed by atoms with Gasteiger partial charge in [0.15, 0.2) is 6.10 Å². The molecule has 500 valence electrons. The average Bonchev–Trinajstić information content (AvgIpc) is 3.68. The van der Waals surface area contributed by atoms with Gasteiger partial charge in [-0.3, -0.25) is 18.6 Å². The summed E-state index contributed by atoms with van der Waals surface area (Å²) in [4.78, 5) is 35.4. The summed E-state index contributed by atoms with van der Waals surface area (Å²) in [5.74, 6) is -0.854. The van der Waals surface area contributed by atoms with Gasteiger partial charge in [0.05, 0.1) is 13.2 Å². The minimum Gasteiger partial charge on any atom is -0.462 e. The molecule has 0 aromatic heterocycles. The molecule has 0 rings (SSSR count). The lowest BCUT2D eigenvalue weighted by Gasteiger charge is -2.19. The molecule has 0 saturated heterocycles. The Kier molecular flexibility index (Phi) is 67.8. The van der Waals surface area contributed by atoms with Gasteiger partial charge in [0, 0.05) is 19.4 Å². The number of nitrogens with two attached hydrogens (primary N) is 1. The van der Waals surface area contributed by atoms with Crippen LogP contribution in [-0.2, 0) is 32.7 Å². The fourth-order valence-corrected chi connectivity index (χ4v) is 9.67. The maximum atomic E-state index is 12.8. The van der Waals surface area contributed by atoms with E-state index >= 15 is 0 Å². The van der Waals surface area contributed by atoms with Gasteiger partial charge in [-0.25, -0.2) is 4.57 Å². The number of rotatable bonds is 63. The third kappa shape index (κ3) is 71.8. The maximum absolute atomic E-state index is 12.8. The summed E-state index contributed by atoms with van der Waals surface area (Å²) in [7, 11) is -4.41. The molecule has 0 amide bonds. The predicted octanol–water partition coefficient (Wildman–Crippen LogP) is 23.3. The molecule has 0 aromatic rings. The predicted molar refractivity (Wildman–Crippen MR) is 385 cm³/mol. The Morgan fingerprint density at radius 2 is 0.584 bits per heavy atom. The van der Waals surface area contributed by atoms with Crippen molar-refractivity contribution in [3.8, 4) is 0 Å². The molecule has 0 aliphatic heterocycles. The Morgan fingerprint density at radius 3 is 0.865 bits per heavy atom. The SMILES string of the molecule is CC/C=C\C/C=C\C/C=C\C/C=C\C/C=C\C/C=C\C/C=C\C/C=C\C/C=C\C/C=C\CCCCCCCCCCC(=O)OC(COC(=O)CCCCCCCCCCCC/C=C\C/C=C\C/C=C\C/C=C\C/C=C\C/C=C\CC)COP(=O)(O)OCCN. The summed E-state index contributed by atoms with van der Waals surface area (Å²) in [5, 5.41) is 0. The Balaban J connectivity index is 4.01. The zero-order valence-electron chi connectivity index (χ0n) is 56.1. The van der Waals surface area contributed by atoms with E-state index in [9.17, 15) is 19.0 Å². The Bertz CT molecular complexity index is 2160. The van der Waals surface area contributed by atoms with Gasteiger partial charge >= 0.3 is 19.8 Å². The number of hydrogen-bond acceptors (Lipinski definition) is 8. The summed E-state index contributed by atoms with van der Waals surface area (Å²) in [6.45, 7) is 3.49. The van der Waals surface area contributed by atoms with E-state index in [2.05, 4.69) is 208 Å². The van der Waals surface area contributed by atoms with E-state index in [-0.39, 0.29) is 32.6 Å². The summed E-state index contributed by atoms with van der Waals surface area (Å²) in [6.07, 6.45) is 109. The average molecular weight is 1250 g/mol. The molecule has 0 bridgehead atoms. The van der Waals surface area contributed by atoms with E-state index in [4.69, 9.17) is 24.3 Å². The highest BCUT2D eigenvalue weighted by molar-refractivity contribution is 7.47. The van der Waals surface area contributed by atoms with Gasteiger partial charge in [0.2, 0.25) is 0 Å². The van der Waals surface area contributed by atoms with Gasteiger partial charge in [-0.2, -0.15) is 0 Å². The fourth-order valence-electron chi connectivity index (χ4n) is 8.90. The third-order valence-electron chi connectivity index (χ3n) is 14.0. The van der Waals surface area contributed by atoms with Crippen LogP contribution in [0.5, 0.6) is 0 Å². The number of ether oxygens (including phenoxy) is 2. The van der Waals surface area contributed by atoms with Crippen LogP contribution in [0.3, 0.4) is 0 Å². The zero-order valence-corrected chi connectivity index (χ0v) is 57.0. The molecule has 10 heteroatoms. The Hall–Kier alpha value is -5.15. The molecule has 3 N–H and O–H groups in total. The van der Waals surface area contributed by atoms with Crippen molar-refractivity contribution in [3.63, 3.8) is 0 Å². The second-order valence-corrected chi connectivity index (χ2v) is 23.7. The highest BCUT2D eigenvalue weighted by Crippen LogP contribution is 2.43. The van der Waals surface area contributed by atoms with E-state index in [1.54, 1.807) is 0 Å². The molecule has 2 atom stereocenters. The summed E-state index contributed by atoms with van der Waals surface area (Å²) in [5.41, 5.74) is 5.40. The molecule has 0 aliphatic rings. The molecule has 9 nitrogen and oxygen atoms in total. The summed E-state index contributed by atoms with van der Waals surface area (Å²) in [6, 6.07) is 0. The van der Waals surface area contributed by atoms with E-state index in [1.165, 1.54) is 64.2 Å². The first-order valence-corrected chi connectivity index (χ1v) is 36.4. The van der Waals surface area contributed by atoms with E-state index in [0.717, 1.165) is 161 Å². The van der Waals surface area contributed by atoms with Crippen LogP contribution in [0.2, 0.25) is 0 Å². The normalized spacial score (nSPS) is 14.2. The second kappa shape index (κ2) is 71.9. The van der Waals surface area contributed by atoms with Gasteiger partial charge < -0.3 is 20.1 Å². The number of carbonyl (C=O) groups excluding carboxylic acids is 2. The minimum absolute atomic E-state index is 0.0414. The molecular formula is C79H126NO8P. The molecule has 0 spiro atoms. The van der Waals surface area contributed by atoms with Crippen molar-refractivity contribution in [1.29, 1.82) is 0 Å². The van der Waals surface area contributed by atoms with Crippen LogP contribution in [0.1, 0.15) is 258 Å². The van der Waals surface area contributed by atoms with Crippen molar-refractivity contribution in [3.05, 3.63) is 194 Å². The lowest BCUT2D eigenvalue weighted by molar-refractivity contribution is -0.161. The van der Waals surface area contributed by atoms with Crippen molar-refractivity contribution in [2.75, 3.05) is 26.4 Å². The van der Waals surface area contributed by atoms with Gasteiger partial charge in [0.25, 0.3) is 0 Å². The molecule has 89 heavy (non-hydrogen) atoms. The number of phosphoric ester groups is 1. The van der Waals surface area contributed by atoms with Crippen molar-refractivity contribution >= 4 is 19.8 Å². The van der Waals surface area contributed by atoms with Crippen LogP contribution < -0.4 is 5.73 Å². The molecule has 0 aromatic carbocycles. The zero-order chi connectivity index (χ0) is 64.4. The smallest absolute Gasteiger partial charge is 0.462 e. The van der Waals surface area contributed by atoms with Crippen molar-refractivity contribution in [2.24, 2.45) is 5.73 Å².